The summed E-state index contributed by atoms with van der Waals surface area (Å²) in [5.74, 6) is 0. The Hall–Kier alpha value is 0.234. The first-order valence-corrected chi connectivity index (χ1v) is 8.44. The van der Waals surface area contributed by atoms with Crippen LogP contribution in [0, 0.1) is 0 Å². The van der Waals surface area contributed by atoms with Crippen LogP contribution in [0.4, 0.5) is 0 Å². The molecule has 1 unspecified atom stereocenters. The van der Waals surface area contributed by atoms with Crippen LogP contribution in [-0.2, 0) is 8.85 Å². The van der Waals surface area contributed by atoms with Crippen LogP contribution in [0.3, 0.4) is 0 Å². The monoisotopic (exact) mass is 210 g/mol. The average molecular weight is 210 g/mol. The van der Waals surface area contributed by atoms with E-state index in [4.69, 9.17) is 8.85 Å². The lowest BCUT2D eigenvalue weighted by molar-refractivity contribution is 0.125. The minimum absolute atomic E-state index is 0.107. The molecule has 0 radical (unpaired) electrons. The third-order valence-corrected chi connectivity index (χ3v) is 5.22. The Morgan fingerprint density at radius 1 is 1.00 bits per heavy atom. The molecule has 1 heterocycles. The summed E-state index contributed by atoms with van der Waals surface area (Å²) in [6, 6.07) is 0.499. The van der Waals surface area contributed by atoms with Crippen molar-refractivity contribution < 1.29 is 23.2 Å². The van der Waals surface area contributed by atoms with Crippen LogP contribution in [0.15, 0.2) is 0 Å². The molecule has 12 heavy (non-hydrogen) atoms. The SMILES string of the molecule is C[Si]1(O)CCO[Si](O)(O)CCO1. The van der Waals surface area contributed by atoms with Gasteiger partial charge in [-0.3, -0.25) is 0 Å². The van der Waals surface area contributed by atoms with Crippen molar-refractivity contribution >= 4 is 17.4 Å². The minimum Gasteiger partial charge on any atom is -0.411 e. The smallest absolute Gasteiger partial charge is 0.411 e. The second kappa shape index (κ2) is 3.54. The normalized spacial score (nSPS) is 37.0. The van der Waals surface area contributed by atoms with E-state index in [0.717, 1.165) is 0 Å². The fourth-order valence-electron chi connectivity index (χ4n) is 0.952. The summed E-state index contributed by atoms with van der Waals surface area (Å²) < 4.78 is 9.99. The van der Waals surface area contributed by atoms with Gasteiger partial charge < -0.3 is 23.2 Å². The van der Waals surface area contributed by atoms with Crippen molar-refractivity contribution in [1.82, 2.24) is 0 Å². The van der Waals surface area contributed by atoms with Crippen LogP contribution in [0.2, 0.25) is 18.6 Å². The molecule has 0 aromatic carbocycles. The maximum atomic E-state index is 9.54. The summed E-state index contributed by atoms with van der Waals surface area (Å²) in [5, 5.41) is 0. The molecule has 3 N–H and O–H groups in total. The molecule has 0 bridgehead atoms. The molecular formula is C5H14O5Si2. The zero-order valence-corrected chi connectivity index (χ0v) is 8.99. The molecule has 1 aliphatic rings. The summed E-state index contributed by atoms with van der Waals surface area (Å²) in [7, 11) is -6.01. The highest BCUT2D eigenvalue weighted by Crippen LogP contribution is 2.15. The average Bonchev–Trinajstić information content (AvgIpc) is 1.82. The predicted octanol–water partition coefficient (Wildman–Crippen LogP) is -0.979. The molecule has 1 fully saturated rings. The van der Waals surface area contributed by atoms with Gasteiger partial charge in [0.05, 0.1) is 0 Å². The van der Waals surface area contributed by atoms with E-state index in [1.807, 2.05) is 0 Å². The van der Waals surface area contributed by atoms with Gasteiger partial charge in [-0.1, -0.05) is 0 Å². The summed E-state index contributed by atoms with van der Waals surface area (Å²) in [6.45, 7) is 2.02. The van der Waals surface area contributed by atoms with Crippen LogP contribution in [-0.4, -0.2) is 45.0 Å². The molecule has 0 aromatic rings. The van der Waals surface area contributed by atoms with Gasteiger partial charge in [0.15, 0.2) is 0 Å². The summed E-state index contributed by atoms with van der Waals surface area (Å²) >= 11 is 0. The van der Waals surface area contributed by atoms with E-state index >= 15 is 0 Å². The zero-order chi connectivity index (χ0) is 9.24. The Labute approximate surface area is 73.2 Å². The van der Waals surface area contributed by atoms with Crippen molar-refractivity contribution in [2.45, 2.75) is 18.6 Å². The molecule has 7 heteroatoms. The highest BCUT2D eigenvalue weighted by molar-refractivity contribution is 6.65. The summed E-state index contributed by atoms with van der Waals surface area (Å²) in [4.78, 5) is 27.9. The van der Waals surface area contributed by atoms with Crippen LogP contribution in [0.25, 0.3) is 0 Å². The van der Waals surface area contributed by atoms with E-state index in [9.17, 15) is 14.4 Å². The fraction of sp³-hybridized carbons (Fsp3) is 1.00. The van der Waals surface area contributed by atoms with E-state index in [1.54, 1.807) is 6.55 Å². The van der Waals surface area contributed by atoms with Crippen LogP contribution < -0.4 is 0 Å². The third-order valence-electron chi connectivity index (χ3n) is 1.74. The molecule has 1 rings (SSSR count). The van der Waals surface area contributed by atoms with Gasteiger partial charge in [0.2, 0.25) is 0 Å². The lowest BCUT2D eigenvalue weighted by Gasteiger charge is -2.27. The predicted molar refractivity (Wildman–Crippen MR) is 45.5 cm³/mol. The Morgan fingerprint density at radius 3 is 2.25 bits per heavy atom. The Balaban J connectivity index is 2.45. The molecule has 1 saturated heterocycles. The highest BCUT2D eigenvalue weighted by Gasteiger charge is 2.38. The topological polar surface area (TPSA) is 79.2 Å². The van der Waals surface area contributed by atoms with Crippen LogP contribution in [0.5, 0.6) is 0 Å². The molecule has 1 atom stereocenters. The second-order valence-electron chi connectivity index (χ2n) is 3.12. The van der Waals surface area contributed by atoms with Crippen molar-refractivity contribution in [1.29, 1.82) is 0 Å². The van der Waals surface area contributed by atoms with Crippen molar-refractivity contribution in [3.05, 3.63) is 0 Å². The van der Waals surface area contributed by atoms with E-state index in [1.165, 1.54) is 0 Å². The molecule has 5 nitrogen and oxygen atoms in total. The molecular weight excluding hydrogens is 196 g/mol. The Kier molecular flexibility index (Phi) is 3.04. The molecule has 0 amide bonds. The molecule has 0 saturated carbocycles. The van der Waals surface area contributed by atoms with Crippen molar-refractivity contribution in [3.8, 4) is 0 Å². The first-order valence-electron chi connectivity index (χ1n) is 3.86. The van der Waals surface area contributed by atoms with Gasteiger partial charge in [-0.15, -0.1) is 0 Å². The third kappa shape index (κ3) is 3.31. The van der Waals surface area contributed by atoms with Gasteiger partial charge in [-0.25, -0.2) is 0 Å². The van der Waals surface area contributed by atoms with Gasteiger partial charge in [0, 0.05) is 25.3 Å². The maximum absolute atomic E-state index is 9.54. The Bertz CT molecular complexity index is 130. The van der Waals surface area contributed by atoms with Gasteiger partial charge in [0.1, 0.15) is 0 Å². The van der Waals surface area contributed by atoms with Gasteiger partial charge in [0.25, 0.3) is 0 Å². The van der Waals surface area contributed by atoms with E-state index in [-0.39, 0.29) is 19.3 Å². The highest BCUT2D eigenvalue weighted by atomic mass is 28.4. The van der Waals surface area contributed by atoms with Crippen LogP contribution >= 0.6 is 0 Å². The quantitative estimate of drug-likeness (QED) is 0.448. The van der Waals surface area contributed by atoms with Gasteiger partial charge in [-0.2, -0.15) is 0 Å². The molecule has 1 aliphatic heterocycles. The van der Waals surface area contributed by atoms with E-state index < -0.39 is 17.4 Å². The van der Waals surface area contributed by atoms with E-state index in [2.05, 4.69) is 0 Å². The standard InChI is InChI=1S/C5H14O5Si2/c1-11(6)4-2-10-12(7,8)5-3-9-11/h6-8H,2-5H2,1H3. The molecule has 0 spiro atoms. The van der Waals surface area contributed by atoms with Crippen molar-refractivity contribution in [2.75, 3.05) is 13.2 Å². The van der Waals surface area contributed by atoms with Crippen molar-refractivity contribution in [3.63, 3.8) is 0 Å². The lowest BCUT2D eigenvalue weighted by atomic mass is 10.9. The van der Waals surface area contributed by atoms with Gasteiger partial charge in [-0.05, 0) is 6.55 Å². The van der Waals surface area contributed by atoms with Crippen molar-refractivity contribution in [2.24, 2.45) is 0 Å². The maximum Gasteiger partial charge on any atom is 0.497 e. The minimum atomic E-state index is -3.45. The number of hydrogen-bond acceptors (Lipinski definition) is 5. The Morgan fingerprint density at radius 2 is 1.58 bits per heavy atom. The first-order chi connectivity index (χ1) is 5.41. The van der Waals surface area contributed by atoms with Gasteiger partial charge >= 0.3 is 17.4 Å². The molecule has 0 aliphatic carbocycles. The fourth-order valence-corrected chi connectivity index (χ4v) is 3.47. The zero-order valence-electron chi connectivity index (χ0n) is 6.99. The summed E-state index contributed by atoms with van der Waals surface area (Å²) in [5.41, 5.74) is 0. The number of hydrogen-bond donors (Lipinski definition) is 3. The van der Waals surface area contributed by atoms with E-state index in [0.29, 0.717) is 6.04 Å². The largest absolute Gasteiger partial charge is 0.497 e. The number of rotatable bonds is 0. The molecule has 72 valence electrons. The van der Waals surface area contributed by atoms with Crippen LogP contribution in [0.1, 0.15) is 0 Å². The summed E-state index contributed by atoms with van der Waals surface area (Å²) in [6.07, 6.45) is 0. The lowest BCUT2D eigenvalue weighted by Crippen LogP contribution is -2.47. The first kappa shape index (κ1) is 10.3. The molecule has 0 aromatic heterocycles. The second-order valence-corrected chi connectivity index (χ2v) is 8.53.